The second kappa shape index (κ2) is 7.48. The predicted octanol–water partition coefficient (Wildman–Crippen LogP) is 4.40. The number of benzene rings is 2. The monoisotopic (exact) mass is 421 g/mol. The van der Waals surface area contributed by atoms with Gasteiger partial charge in [-0.2, -0.15) is 0 Å². The molecule has 1 aromatic heterocycles. The highest BCUT2D eigenvalue weighted by molar-refractivity contribution is 5.76. The second-order valence-corrected chi connectivity index (χ2v) is 8.46. The summed E-state index contributed by atoms with van der Waals surface area (Å²) >= 11 is 0. The lowest BCUT2D eigenvalue weighted by molar-refractivity contribution is -0.144. The van der Waals surface area contributed by atoms with Gasteiger partial charge in [-0.15, -0.1) is 5.10 Å². The van der Waals surface area contributed by atoms with Gasteiger partial charge in [-0.1, -0.05) is 12.1 Å². The average Bonchev–Trinajstić information content (AvgIpc) is 3.34. The van der Waals surface area contributed by atoms with E-state index in [0.717, 1.165) is 41.0 Å². The summed E-state index contributed by atoms with van der Waals surface area (Å²) in [7, 11) is 0. The van der Waals surface area contributed by atoms with Crippen LogP contribution >= 0.6 is 0 Å². The quantitative estimate of drug-likeness (QED) is 0.584. The maximum atomic E-state index is 13.3. The van der Waals surface area contributed by atoms with Crippen molar-refractivity contribution in [3.05, 3.63) is 70.3 Å². The van der Waals surface area contributed by atoms with Crippen LogP contribution in [-0.4, -0.2) is 21.0 Å². The zero-order valence-corrected chi connectivity index (χ0v) is 17.8. The van der Waals surface area contributed by atoms with E-state index in [9.17, 15) is 9.18 Å². The van der Waals surface area contributed by atoms with E-state index in [-0.39, 0.29) is 36.3 Å². The molecule has 7 heteroatoms. The number of carbonyl (C=O) groups excluding carboxylic acids is 1. The highest BCUT2D eigenvalue weighted by Crippen LogP contribution is 2.49. The Balaban J connectivity index is 1.44. The summed E-state index contributed by atoms with van der Waals surface area (Å²) in [4.78, 5) is 12.2. The Morgan fingerprint density at radius 1 is 1.26 bits per heavy atom. The van der Waals surface area contributed by atoms with E-state index in [1.807, 2.05) is 13.8 Å². The molecule has 5 rings (SSSR count). The van der Waals surface area contributed by atoms with E-state index >= 15 is 0 Å². The van der Waals surface area contributed by atoms with Gasteiger partial charge >= 0.3 is 5.97 Å². The standard InChI is InChI=1S/C24H24FN3O3/c1-13-10-21(15(3)22-19(13)8-9-20-14(2)24(29)31-23(20)22)30-12-18-11-26-27-28(18)17-6-4-16(25)5-7-17/h4-7,10-11,14,20,23H,8-9,12H2,1-3H3/t14-,20-,23+/m0/s1. The second-order valence-electron chi connectivity index (χ2n) is 8.46. The lowest BCUT2D eigenvalue weighted by Crippen LogP contribution is -2.22. The molecule has 1 aliphatic heterocycles. The van der Waals surface area contributed by atoms with Gasteiger partial charge < -0.3 is 9.47 Å². The SMILES string of the molecule is Cc1cc(OCc2cnnn2-c2ccc(F)cc2)c(C)c2c1CC[C@H]1[C@H](C)C(=O)O[C@@H]21. The molecule has 2 aromatic carbocycles. The van der Waals surface area contributed by atoms with Crippen LogP contribution in [0.3, 0.4) is 0 Å². The minimum atomic E-state index is -0.304. The lowest BCUT2D eigenvalue weighted by Gasteiger charge is -2.31. The molecule has 0 spiro atoms. The van der Waals surface area contributed by atoms with Crippen LogP contribution in [0.2, 0.25) is 0 Å². The molecule has 0 N–H and O–H groups in total. The third kappa shape index (κ3) is 3.28. The average molecular weight is 421 g/mol. The molecule has 1 fully saturated rings. The largest absolute Gasteiger partial charge is 0.487 e. The smallest absolute Gasteiger partial charge is 0.309 e. The lowest BCUT2D eigenvalue weighted by atomic mass is 9.74. The highest BCUT2D eigenvalue weighted by Gasteiger charge is 2.46. The Morgan fingerprint density at radius 3 is 2.81 bits per heavy atom. The fraction of sp³-hybridized carbons (Fsp3) is 0.375. The number of hydrogen-bond acceptors (Lipinski definition) is 5. The number of halogens is 1. The number of esters is 1. The molecule has 160 valence electrons. The van der Waals surface area contributed by atoms with Crippen molar-refractivity contribution >= 4 is 5.97 Å². The topological polar surface area (TPSA) is 66.2 Å². The van der Waals surface area contributed by atoms with Crippen LogP contribution in [0.5, 0.6) is 5.75 Å². The van der Waals surface area contributed by atoms with E-state index in [1.165, 1.54) is 17.7 Å². The first-order valence-corrected chi connectivity index (χ1v) is 10.6. The summed E-state index contributed by atoms with van der Waals surface area (Å²) in [5.74, 6) is 0.498. The molecule has 3 aromatic rings. The first kappa shape index (κ1) is 19.7. The molecule has 0 saturated carbocycles. The number of hydrogen-bond donors (Lipinski definition) is 0. The predicted molar refractivity (Wildman–Crippen MR) is 111 cm³/mol. The van der Waals surface area contributed by atoms with Gasteiger partial charge in [0.25, 0.3) is 0 Å². The normalized spacial score (nSPS) is 22.1. The molecule has 31 heavy (non-hydrogen) atoms. The van der Waals surface area contributed by atoms with Gasteiger partial charge in [0.2, 0.25) is 0 Å². The van der Waals surface area contributed by atoms with Crippen molar-refractivity contribution < 1.29 is 18.7 Å². The van der Waals surface area contributed by atoms with Crippen LogP contribution < -0.4 is 4.74 Å². The number of ether oxygens (including phenoxy) is 2. The Labute approximate surface area is 180 Å². The van der Waals surface area contributed by atoms with Crippen molar-refractivity contribution in [3.63, 3.8) is 0 Å². The number of fused-ring (bicyclic) bond motifs is 3. The van der Waals surface area contributed by atoms with Gasteiger partial charge in [-0.05, 0) is 73.7 Å². The van der Waals surface area contributed by atoms with Crippen molar-refractivity contribution in [2.75, 3.05) is 0 Å². The van der Waals surface area contributed by atoms with Crippen LogP contribution in [0.1, 0.15) is 47.4 Å². The molecule has 0 bridgehead atoms. The van der Waals surface area contributed by atoms with Crippen molar-refractivity contribution in [1.82, 2.24) is 15.0 Å². The van der Waals surface area contributed by atoms with Crippen LogP contribution in [0.4, 0.5) is 4.39 Å². The summed E-state index contributed by atoms with van der Waals surface area (Å²) in [5.41, 5.74) is 6.00. The Hall–Kier alpha value is -3.22. The van der Waals surface area contributed by atoms with Crippen LogP contribution in [-0.2, 0) is 22.6 Å². The number of nitrogens with zero attached hydrogens (tertiary/aromatic N) is 3. The molecule has 0 unspecified atom stereocenters. The van der Waals surface area contributed by atoms with Gasteiger partial charge in [0.15, 0.2) is 0 Å². The maximum Gasteiger partial charge on any atom is 0.309 e. The molecule has 6 nitrogen and oxygen atoms in total. The summed E-state index contributed by atoms with van der Waals surface area (Å²) in [5, 5.41) is 8.09. The highest BCUT2D eigenvalue weighted by atomic mass is 19.1. The molecular formula is C24H24FN3O3. The maximum absolute atomic E-state index is 13.3. The van der Waals surface area contributed by atoms with Crippen molar-refractivity contribution in [2.24, 2.45) is 11.8 Å². The molecule has 1 aliphatic carbocycles. The molecule has 1 saturated heterocycles. The summed E-state index contributed by atoms with van der Waals surface area (Å²) < 4.78 is 26.9. The fourth-order valence-electron chi connectivity index (χ4n) is 4.88. The number of carbonyl (C=O) groups is 1. The molecule has 0 radical (unpaired) electrons. The van der Waals surface area contributed by atoms with Crippen LogP contribution in [0.25, 0.3) is 5.69 Å². The Kier molecular flexibility index (Phi) is 4.76. The minimum absolute atomic E-state index is 0.0708. The van der Waals surface area contributed by atoms with E-state index in [2.05, 4.69) is 23.3 Å². The third-order valence-electron chi connectivity index (χ3n) is 6.65. The van der Waals surface area contributed by atoms with Gasteiger partial charge in [0.1, 0.15) is 30.0 Å². The molecule has 3 atom stereocenters. The summed E-state index contributed by atoms with van der Waals surface area (Å²) in [6.45, 7) is 6.33. The van der Waals surface area contributed by atoms with Crippen LogP contribution in [0, 0.1) is 31.5 Å². The third-order valence-corrected chi connectivity index (χ3v) is 6.65. The summed E-state index contributed by atoms with van der Waals surface area (Å²) in [6.07, 6.45) is 3.36. The van der Waals surface area contributed by atoms with E-state index < -0.39 is 0 Å². The van der Waals surface area contributed by atoms with E-state index in [1.54, 1.807) is 23.0 Å². The van der Waals surface area contributed by atoms with Crippen LogP contribution in [0.15, 0.2) is 36.5 Å². The first-order valence-electron chi connectivity index (χ1n) is 10.6. The van der Waals surface area contributed by atoms with Gasteiger partial charge in [0.05, 0.1) is 17.8 Å². The first-order chi connectivity index (χ1) is 14.9. The van der Waals surface area contributed by atoms with E-state index in [0.29, 0.717) is 5.69 Å². The van der Waals surface area contributed by atoms with Crippen molar-refractivity contribution in [2.45, 2.75) is 46.3 Å². The molecular weight excluding hydrogens is 397 g/mol. The minimum Gasteiger partial charge on any atom is -0.487 e. The molecule has 2 heterocycles. The van der Waals surface area contributed by atoms with Gasteiger partial charge in [-0.25, -0.2) is 9.07 Å². The van der Waals surface area contributed by atoms with Crippen molar-refractivity contribution in [1.29, 1.82) is 0 Å². The number of aryl methyl sites for hydroxylation is 1. The zero-order valence-electron chi connectivity index (χ0n) is 17.8. The Morgan fingerprint density at radius 2 is 2.03 bits per heavy atom. The number of aromatic nitrogens is 3. The van der Waals surface area contributed by atoms with E-state index in [4.69, 9.17) is 9.47 Å². The Bertz CT molecular complexity index is 1160. The fourth-order valence-corrected chi connectivity index (χ4v) is 4.88. The van der Waals surface area contributed by atoms with Gasteiger partial charge in [-0.3, -0.25) is 4.79 Å². The number of rotatable bonds is 4. The van der Waals surface area contributed by atoms with Crippen molar-refractivity contribution in [3.8, 4) is 11.4 Å². The molecule has 0 amide bonds. The van der Waals surface area contributed by atoms with Gasteiger partial charge in [0, 0.05) is 11.5 Å². The molecule has 2 aliphatic rings. The summed E-state index contributed by atoms with van der Waals surface area (Å²) in [6, 6.07) is 8.13. The zero-order chi connectivity index (χ0) is 21.7.